The van der Waals surface area contributed by atoms with E-state index in [-0.39, 0.29) is 5.91 Å². The number of benzene rings is 2. The van der Waals surface area contributed by atoms with Crippen molar-refractivity contribution in [2.75, 3.05) is 6.54 Å². The van der Waals surface area contributed by atoms with Gasteiger partial charge < -0.3 is 9.64 Å². The summed E-state index contributed by atoms with van der Waals surface area (Å²) in [5.41, 5.74) is 3.12. The number of carbonyl (C=O) groups is 1. The number of nitrogens with zero attached hydrogens (tertiary/aromatic N) is 2. The highest BCUT2D eigenvalue weighted by Gasteiger charge is 2.22. The molecule has 0 aliphatic heterocycles. The van der Waals surface area contributed by atoms with Gasteiger partial charge >= 0.3 is 0 Å². The summed E-state index contributed by atoms with van der Waals surface area (Å²) in [6.45, 7) is 6.58. The largest absolute Gasteiger partial charge is 0.481 e. The van der Waals surface area contributed by atoms with E-state index in [9.17, 15) is 4.79 Å². The molecule has 4 nitrogen and oxygen atoms in total. The van der Waals surface area contributed by atoms with E-state index in [4.69, 9.17) is 10.00 Å². The van der Waals surface area contributed by atoms with Gasteiger partial charge in [0.1, 0.15) is 5.75 Å². The Hall–Kier alpha value is -2.80. The minimum absolute atomic E-state index is 0.111. The maximum absolute atomic E-state index is 12.8. The van der Waals surface area contributed by atoms with Gasteiger partial charge in [0.25, 0.3) is 5.91 Å². The van der Waals surface area contributed by atoms with Crippen LogP contribution in [-0.4, -0.2) is 23.5 Å². The molecule has 0 heterocycles. The second-order valence-corrected chi connectivity index (χ2v) is 6.18. The van der Waals surface area contributed by atoms with Crippen molar-refractivity contribution in [1.29, 1.82) is 5.26 Å². The Morgan fingerprint density at radius 3 is 2.60 bits per heavy atom. The highest BCUT2D eigenvalue weighted by molar-refractivity contribution is 5.81. The molecule has 4 heteroatoms. The molecule has 1 atom stereocenters. The highest BCUT2D eigenvalue weighted by Crippen LogP contribution is 2.21. The van der Waals surface area contributed by atoms with E-state index in [1.165, 1.54) is 0 Å². The number of rotatable bonds is 7. The smallest absolute Gasteiger partial charge is 0.263 e. The van der Waals surface area contributed by atoms with E-state index in [2.05, 4.69) is 6.07 Å². The molecule has 0 N–H and O–H groups in total. The first-order valence-corrected chi connectivity index (χ1v) is 8.45. The summed E-state index contributed by atoms with van der Waals surface area (Å²) in [6, 6.07) is 17.8. The number of ether oxygens (including phenoxy) is 1. The van der Waals surface area contributed by atoms with Crippen LogP contribution in [0.5, 0.6) is 5.75 Å². The fraction of sp³-hybridized carbons (Fsp3) is 0.333. The van der Waals surface area contributed by atoms with E-state index in [1.54, 1.807) is 11.8 Å². The number of aryl methyl sites for hydroxylation is 2. The molecule has 1 unspecified atom stereocenters. The van der Waals surface area contributed by atoms with Gasteiger partial charge in [-0.25, -0.2) is 0 Å². The number of carbonyl (C=O) groups excluding carboxylic acids is 1. The number of nitriles is 1. The van der Waals surface area contributed by atoms with E-state index in [0.29, 0.717) is 19.5 Å². The SMILES string of the molecule is Cc1ccc(C)c(OC(C)C(=O)N(CCC#N)Cc2ccccc2)c1. The summed E-state index contributed by atoms with van der Waals surface area (Å²) in [7, 11) is 0. The van der Waals surface area contributed by atoms with Crippen LogP contribution >= 0.6 is 0 Å². The van der Waals surface area contributed by atoms with Crippen molar-refractivity contribution >= 4 is 5.91 Å². The summed E-state index contributed by atoms with van der Waals surface area (Å²) in [5, 5.41) is 8.88. The normalized spacial score (nSPS) is 11.4. The molecule has 25 heavy (non-hydrogen) atoms. The van der Waals surface area contributed by atoms with Gasteiger partial charge in [0.15, 0.2) is 6.10 Å². The van der Waals surface area contributed by atoms with Gasteiger partial charge in [-0.3, -0.25) is 4.79 Å². The first-order valence-electron chi connectivity index (χ1n) is 8.45. The summed E-state index contributed by atoms with van der Waals surface area (Å²) >= 11 is 0. The average molecular weight is 336 g/mol. The lowest BCUT2D eigenvalue weighted by atomic mass is 10.1. The summed E-state index contributed by atoms with van der Waals surface area (Å²) in [6.07, 6.45) is -0.308. The quantitative estimate of drug-likeness (QED) is 0.767. The topological polar surface area (TPSA) is 53.3 Å². The van der Waals surface area contributed by atoms with Crippen LogP contribution < -0.4 is 4.74 Å². The first kappa shape index (κ1) is 18.5. The Balaban J connectivity index is 2.11. The second-order valence-electron chi connectivity index (χ2n) is 6.18. The minimum atomic E-state index is -0.608. The van der Waals surface area contributed by atoms with Crippen molar-refractivity contribution < 1.29 is 9.53 Å². The van der Waals surface area contributed by atoms with Gasteiger partial charge in [0.05, 0.1) is 12.5 Å². The van der Waals surface area contributed by atoms with Crippen LogP contribution in [-0.2, 0) is 11.3 Å². The van der Waals surface area contributed by atoms with Gasteiger partial charge in [-0.05, 0) is 43.5 Å². The lowest BCUT2D eigenvalue weighted by Crippen LogP contribution is -2.40. The third kappa shape index (κ3) is 5.36. The molecule has 0 spiro atoms. The van der Waals surface area contributed by atoms with Crippen molar-refractivity contribution in [3.05, 3.63) is 65.2 Å². The predicted molar refractivity (Wildman–Crippen MR) is 98.1 cm³/mol. The lowest BCUT2D eigenvalue weighted by Gasteiger charge is -2.26. The molecule has 130 valence electrons. The molecule has 0 aromatic heterocycles. The van der Waals surface area contributed by atoms with Gasteiger partial charge in [-0.1, -0.05) is 42.5 Å². The van der Waals surface area contributed by atoms with Crippen molar-refractivity contribution in [2.24, 2.45) is 0 Å². The summed E-state index contributed by atoms with van der Waals surface area (Å²) < 4.78 is 5.91. The Kier molecular flexibility index (Phi) is 6.59. The van der Waals surface area contributed by atoms with Crippen molar-refractivity contribution in [3.63, 3.8) is 0 Å². The van der Waals surface area contributed by atoms with E-state index < -0.39 is 6.10 Å². The van der Waals surface area contributed by atoms with Gasteiger partial charge in [-0.15, -0.1) is 0 Å². The van der Waals surface area contributed by atoms with Crippen LogP contribution in [0.15, 0.2) is 48.5 Å². The van der Waals surface area contributed by atoms with Crippen LogP contribution in [0.1, 0.15) is 30.0 Å². The Morgan fingerprint density at radius 2 is 1.92 bits per heavy atom. The maximum Gasteiger partial charge on any atom is 0.263 e. The Bertz CT molecular complexity index is 750. The molecule has 1 amide bonds. The molecular weight excluding hydrogens is 312 g/mol. The number of hydrogen-bond donors (Lipinski definition) is 0. The average Bonchev–Trinajstić information content (AvgIpc) is 2.62. The van der Waals surface area contributed by atoms with Gasteiger partial charge in [-0.2, -0.15) is 5.26 Å². The Labute approximate surface area is 149 Å². The zero-order chi connectivity index (χ0) is 18.2. The highest BCUT2D eigenvalue weighted by atomic mass is 16.5. The van der Waals surface area contributed by atoms with Crippen LogP contribution in [0, 0.1) is 25.2 Å². The van der Waals surface area contributed by atoms with E-state index >= 15 is 0 Å². The van der Waals surface area contributed by atoms with Gasteiger partial charge in [0.2, 0.25) is 0 Å². The summed E-state index contributed by atoms with van der Waals surface area (Å²) in [4.78, 5) is 14.5. The van der Waals surface area contributed by atoms with Crippen molar-refractivity contribution in [3.8, 4) is 11.8 Å². The molecule has 0 aliphatic rings. The molecule has 0 radical (unpaired) electrons. The second kappa shape index (κ2) is 8.89. The zero-order valence-corrected chi connectivity index (χ0v) is 15.0. The van der Waals surface area contributed by atoms with Crippen LogP contribution in [0.3, 0.4) is 0 Å². The first-order chi connectivity index (χ1) is 12.0. The van der Waals surface area contributed by atoms with Gasteiger partial charge in [0, 0.05) is 13.1 Å². The maximum atomic E-state index is 12.8. The summed E-state index contributed by atoms with van der Waals surface area (Å²) in [5.74, 6) is 0.612. The molecule has 0 saturated carbocycles. The standard InChI is InChI=1S/C21H24N2O2/c1-16-10-11-17(2)20(14-16)25-18(3)21(24)23(13-7-12-22)15-19-8-5-4-6-9-19/h4-6,8-11,14,18H,7,13,15H2,1-3H3. The van der Waals surface area contributed by atoms with Crippen LogP contribution in [0.25, 0.3) is 0 Å². The third-order valence-electron chi connectivity index (χ3n) is 4.02. The molecule has 0 saturated heterocycles. The lowest BCUT2D eigenvalue weighted by molar-refractivity contribution is -0.138. The van der Waals surface area contributed by atoms with Crippen LogP contribution in [0.4, 0.5) is 0 Å². The zero-order valence-electron chi connectivity index (χ0n) is 15.0. The molecule has 2 aromatic rings. The molecule has 2 rings (SSSR count). The monoisotopic (exact) mass is 336 g/mol. The fourth-order valence-corrected chi connectivity index (χ4v) is 2.59. The molecular formula is C21H24N2O2. The Morgan fingerprint density at radius 1 is 1.20 bits per heavy atom. The minimum Gasteiger partial charge on any atom is -0.481 e. The molecule has 0 bridgehead atoms. The predicted octanol–water partition coefficient (Wildman–Crippen LogP) is 4.01. The molecule has 0 aliphatic carbocycles. The third-order valence-corrected chi connectivity index (χ3v) is 4.02. The number of hydrogen-bond acceptors (Lipinski definition) is 3. The molecule has 0 fully saturated rings. The van der Waals surface area contributed by atoms with Crippen molar-refractivity contribution in [2.45, 2.75) is 39.8 Å². The fourth-order valence-electron chi connectivity index (χ4n) is 2.59. The molecule has 2 aromatic carbocycles. The van der Waals surface area contributed by atoms with E-state index in [1.807, 2.05) is 62.4 Å². The van der Waals surface area contributed by atoms with Crippen molar-refractivity contribution in [1.82, 2.24) is 4.90 Å². The number of amides is 1. The van der Waals surface area contributed by atoms with Crippen LogP contribution in [0.2, 0.25) is 0 Å². The van der Waals surface area contributed by atoms with E-state index in [0.717, 1.165) is 22.4 Å².